The van der Waals surface area contributed by atoms with Crippen molar-refractivity contribution in [3.05, 3.63) is 101 Å². The molecule has 0 spiro atoms. The Morgan fingerprint density at radius 2 is 1.81 bits per heavy atom. The Hall–Kier alpha value is -3.82. The predicted octanol–water partition coefficient (Wildman–Crippen LogP) is 5.33. The number of Topliss-reactive ketones (excluding diaryl/α,β-unsaturated/α-hetero) is 1. The Kier molecular flexibility index (Phi) is 8.24. The normalized spacial score (nSPS) is 13.2. The number of hydrogen-bond donors (Lipinski definition) is 1. The van der Waals surface area contributed by atoms with Gasteiger partial charge in [0.15, 0.2) is 0 Å². The van der Waals surface area contributed by atoms with Gasteiger partial charge < -0.3 is 14.6 Å². The topological polar surface area (TPSA) is 72.8 Å². The van der Waals surface area contributed by atoms with Crippen LogP contribution in [0, 0.1) is 0 Å². The van der Waals surface area contributed by atoms with E-state index in [0.717, 1.165) is 11.3 Å². The molecule has 5 heteroatoms. The lowest BCUT2D eigenvalue weighted by molar-refractivity contribution is -0.136. The molecular weight excluding hydrogens is 404 g/mol. The van der Waals surface area contributed by atoms with Gasteiger partial charge in [-0.25, -0.2) is 0 Å². The van der Waals surface area contributed by atoms with E-state index in [1.165, 1.54) is 0 Å². The number of allylic oxidation sites excluding steroid dienone is 5. The van der Waals surface area contributed by atoms with E-state index in [9.17, 15) is 9.59 Å². The summed E-state index contributed by atoms with van der Waals surface area (Å²) >= 11 is 0. The Morgan fingerprint density at radius 1 is 1.03 bits per heavy atom. The number of carboxylic acids is 1. The lowest BCUT2D eigenvalue weighted by atomic mass is 10.0. The maximum atomic E-state index is 12.9. The number of aliphatic carboxylic acids is 1. The third-order valence-corrected chi connectivity index (χ3v) is 4.87. The molecule has 5 nitrogen and oxygen atoms in total. The minimum Gasteiger partial charge on any atom is -0.493 e. The first-order valence-corrected chi connectivity index (χ1v) is 10.6. The van der Waals surface area contributed by atoms with Crippen molar-refractivity contribution in [2.75, 3.05) is 6.61 Å². The molecule has 0 aromatic heterocycles. The van der Waals surface area contributed by atoms with Gasteiger partial charge in [0.2, 0.25) is 5.78 Å². The van der Waals surface area contributed by atoms with Crippen molar-refractivity contribution < 1.29 is 24.2 Å². The van der Waals surface area contributed by atoms with Crippen LogP contribution in [-0.4, -0.2) is 29.6 Å². The van der Waals surface area contributed by atoms with Crippen LogP contribution in [0.2, 0.25) is 0 Å². The van der Waals surface area contributed by atoms with Crippen LogP contribution in [0.25, 0.3) is 0 Å². The second-order valence-electron chi connectivity index (χ2n) is 7.40. The first-order chi connectivity index (χ1) is 15.5. The van der Waals surface area contributed by atoms with E-state index in [-0.39, 0.29) is 18.3 Å². The standard InChI is InChI=1S/C27H26O5/c1-20(18-19-31-23-15-12-21(13-16-23)14-17-26(28)29)32-25-11-7-6-10-24(25)27(30)22-8-4-2-3-5-9-22/h2-8,10-13,15-16,20H,14,17-19H2,1H3,(H,28,29). The summed E-state index contributed by atoms with van der Waals surface area (Å²) in [6.45, 7) is 2.39. The highest BCUT2D eigenvalue weighted by Gasteiger charge is 2.17. The van der Waals surface area contributed by atoms with E-state index in [0.29, 0.717) is 36.3 Å². The van der Waals surface area contributed by atoms with E-state index in [1.807, 2.05) is 61.5 Å². The van der Waals surface area contributed by atoms with E-state index in [4.69, 9.17) is 14.6 Å². The third kappa shape index (κ3) is 6.86. The van der Waals surface area contributed by atoms with Gasteiger partial charge in [0.1, 0.15) is 11.5 Å². The molecule has 1 unspecified atom stereocenters. The summed E-state index contributed by atoms with van der Waals surface area (Å²) in [6, 6.07) is 14.6. The largest absolute Gasteiger partial charge is 0.493 e. The molecule has 0 fully saturated rings. The van der Waals surface area contributed by atoms with Gasteiger partial charge in [-0.1, -0.05) is 42.5 Å². The number of hydrogen-bond acceptors (Lipinski definition) is 4. The maximum Gasteiger partial charge on any atom is 0.303 e. The van der Waals surface area contributed by atoms with Gasteiger partial charge in [-0.15, -0.1) is 5.73 Å². The fourth-order valence-corrected chi connectivity index (χ4v) is 3.12. The summed E-state index contributed by atoms with van der Waals surface area (Å²) < 4.78 is 11.8. The maximum absolute atomic E-state index is 12.9. The highest BCUT2D eigenvalue weighted by molar-refractivity contribution is 6.12. The van der Waals surface area contributed by atoms with Crippen LogP contribution in [0.3, 0.4) is 0 Å². The number of carboxylic acid groups (broad SMARTS) is 1. The molecule has 1 N–H and O–H groups in total. The van der Waals surface area contributed by atoms with Gasteiger partial charge >= 0.3 is 5.97 Å². The fraction of sp³-hybridized carbons (Fsp3) is 0.222. The van der Waals surface area contributed by atoms with Crippen molar-refractivity contribution in [3.63, 3.8) is 0 Å². The molecule has 0 bridgehead atoms. The number of carbonyl (C=O) groups excluding carboxylic acids is 1. The molecular formula is C27H26O5. The van der Waals surface area contributed by atoms with Gasteiger partial charge in [0.05, 0.1) is 23.8 Å². The zero-order chi connectivity index (χ0) is 22.8. The smallest absolute Gasteiger partial charge is 0.303 e. The molecule has 0 radical (unpaired) electrons. The second kappa shape index (κ2) is 11.5. The highest BCUT2D eigenvalue weighted by atomic mass is 16.5. The Morgan fingerprint density at radius 3 is 2.59 bits per heavy atom. The van der Waals surface area contributed by atoms with Crippen LogP contribution in [-0.2, 0) is 11.2 Å². The summed E-state index contributed by atoms with van der Waals surface area (Å²) in [5, 5.41) is 8.76. The summed E-state index contributed by atoms with van der Waals surface area (Å²) in [5.41, 5.74) is 4.93. The van der Waals surface area contributed by atoms with Crippen molar-refractivity contribution in [3.8, 4) is 11.5 Å². The third-order valence-electron chi connectivity index (χ3n) is 4.87. The van der Waals surface area contributed by atoms with Gasteiger partial charge in [-0.3, -0.25) is 9.59 Å². The Bertz CT molecular complexity index is 1070. The highest BCUT2D eigenvalue weighted by Crippen LogP contribution is 2.24. The number of aryl methyl sites for hydroxylation is 1. The Balaban J connectivity index is 1.53. The molecule has 1 atom stereocenters. The number of para-hydroxylation sites is 1. The SMILES string of the molecule is CC(CCOc1ccc(CCC(=O)O)cc1)Oc1ccccc1C(=O)C1=C=CC=CC=C1. The summed E-state index contributed by atoms with van der Waals surface area (Å²) in [6.07, 6.45) is 10.0. The molecule has 1 aliphatic rings. The average molecular weight is 431 g/mol. The zero-order valence-corrected chi connectivity index (χ0v) is 18.0. The lowest BCUT2D eigenvalue weighted by Crippen LogP contribution is -2.17. The minimum absolute atomic E-state index is 0.111. The van der Waals surface area contributed by atoms with Crippen molar-refractivity contribution >= 4 is 11.8 Å². The summed E-state index contributed by atoms with van der Waals surface area (Å²) in [4.78, 5) is 23.6. The van der Waals surface area contributed by atoms with Gasteiger partial charge in [0.25, 0.3) is 0 Å². The Labute approximate surface area is 188 Å². The first kappa shape index (κ1) is 22.9. The van der Waals surface area contributed by atoms with Crippen molar-refractivity contribution in [2.24, 2.45) is 0 Å². The van der Waals surface area contributed by atoms with Crippen molar-refractivity contribution in [1.82, 2.24) is 0 Å². The molecule has 0 aliphatic heterocycles. The molecule has 0 heterocycles. The second-order valence-corrected chi connectivity index (χ2v) is 7.40. The first-order valence-electron chi connectivity index (χ1n) is 10.6. The quantitative estimate of drug-likeness (QED) is 0.385. The molecule has 164 valence electrons. The number of rotatable bonds is 11. The molecule has 3 rings (SSSR count). The molecule has 1 aliphatic carbocycles. The number of ketones is 1. The van der Waals surface area contributed by atoms with Gasteiger partial charge in [0, 0.05) is 12.8 Å². The average Bonchev–Trinajstić information content (AvgIpc) is 3.08. The molecule has 0 amide bonds. The van der Waals surface area contributed by atoms with Crippen LogP contribution in [0.5, 0.6) is 11.5 Å². The zero-order valence-electron chi connectivity index (χ0n) is 18.0. The van der Waals surface area contributed by atoms with Crippen LogP contribution in [0.1, 0.15) is 35.7 Å². The minimum atomic E-state index is -0.807. The molecule has 2 aromatic carbocycles. The summed E-state index contributed by atoms with van der Waals surface area (Å²) in [5.74, 6) is 0.314. The number of carbonyl (C=O) groups is 2. The molecule has 2 aromatic rings. The molecule has 0 saturated carbocycles. The van der Waals surface area contributed by atoms with E-state index < -0.39 is 5.97 Å². The van der Waals surface area contributed by atoms with Crippen molar-refractivity contribution in [2.45, 2.75) is 32.3 Å². The van der Waals surface area contributed by atoms with Crippen LogP contribution in [0.15, 0.2) is 90.2 Å². The van der Waals surface area contributed by atoms with Gasteiger partial charge in [-0.05, 0) is 55.3 Å². The number of benzene rings is 2. The van der Waals surface area contributed by atoms with E-state index >= 15 is 0 Å². The van der Waals surface area contributed by atoms with Crippen molar-refractivity contribution in [1.29, 1.82) is 0 Å². The van der Waals surface area contributed by atoms with Crippen LogP contribution in [0.4, 0.5) is 0 Å². The van der Waals surface area contributed by atoms with Crippen LogP contribution < -0.4 is 9.47 Å². The predicted molar refractivity (Wildman–Crippen MR) is 123 cm³/mol. The summed E-state index contributed by atoms with van der Waals surface area (Å²) in [7, 11) is 0. The van der Waals surface area contributed by atoms with Crippen LogP contribution >= 0.6 is 0 Å². The number of ether oxygens (including phenoxy) is 2. The monoisotopic (exact) mass is 430 g/mol. The van der Waals surface area contributed by atoms with Gasteiger partial charge in [-0.2, -0.15) is 0 Å². The van der Waals surface area contributed by atoms with E-state index in [2.05, 4.69) is 5.73 Å². The van der Waals surface area contributed by atoms with E-state index in [1.54, 1.807) is 24.3 Å². The lowest BCUT2D eigenvalue weighted by Gasteiger charge is -2.17. The molecule has 0 saturated heterocycles. The molecule has 32 heavy (non-hydrogen) atoms. The fourth-order valence-electron chi connectivity index (χ4n) is 3.12.